The molecule has 0 radical (unpaired) electrons. The number of amides is 1. The number of hydrogen-bond donors (Lipinski definition) is 1. The lowest BCUT2D eigenvalue weighted by Crippen LogP contribution is -2.07. The first-order valence-electron chi connectivity index (χ1n) is 5.98. The summed E-state index contributed by atoms with van der Waals surface area (Å²) >= 11 is 0. The topological polar surface area (TPSA) is 38.3 Å². The van der Waals surface area contributed by atoms with E-state index < -0.39 is 0 Å². The van der Waals surface area contributed by atoms with E-state index in [9.17, 15) is 4.79 Å². The van der Waals surface area contributed by atoms with Crippen molar-refractivity contribution in [3.05, 3.63) is 72.8 Å². The third kappa shape index (κ3) is 4.00. The second kappa shape index (κ2) is 6.40. The van der Waals surface area contributed by atoms with Crippen LogP contribution in [-0.4, -0.2) is 5.91 Å². The maximum atomic E-state index is 11.1. The van der Waals surface area contributed by atoms with Gasteiger partial charge < -0.3 is 10.1 Å². The van der Waals surface area contributed by atoms with Crippen LogP contribution in [0.2, 0.25) is 0 Å². The number of carbonyl (C=O) groups is 1. The van der Waals surface area contributed by atoms with Gasteiger partial charge >= 0.3 is 0 Å². The highest BCUT2D eigenvalue weighted by Gasteiger charge is 1.98. The molecule has 0 aromatic heterocycles. The predicted octanol–water partition coefficient (Wildman–Crippen LogP) is 3.39. The number of ether oxygens (including phenoxy) is 1. The fourth-order valence-corrected chi connectivity index (χ4v) is 1.56. The van der Waals surface area contributed by atoms with Crippen molar-refractivity contribution in [2.75, 3.05) is 5.32 Å². The molecule has 19 heavy (non-hydrogen) atoms. The molecule has 0 heterocycles. The van der Waals surface area contributed by atoms with Crippen LogP contribution in [0.3, 0.4) is 0 Å². The van der Waals surface area contributed by atoms with Crippen molar-refractivity contribution in [2.45, 2.75) is 6.61 Å². The van der Waals surface area contributed by atoms with Gasteiger partial charge in [0.25, 0.3) is 0 Å². The molecule has 0 aliphatic rings. The molecule has 1 amide bonds. The molecule has 2 aromatic rings. The summed E-state index contributed by atoms with van der Waals surface area (Å²) in [5.41, 5.74) is 1.79. The van der Waals surface area contributed by atoms with E-state index in [1.165, 1.54) is 6.08 Å². The number of rotatable bonds is 5. The summed E-state index contributed by atoms with van der Waals surface area (Å²) in [6.07, 6.45) is 1.24. The van der Waals surface area contributed by atoms with E-state index in [1.807, 2.05) is 54.6 Å². The molecule has 0 unspecified atom stereocenters. The minimum atomic E-state index is -0.215. The Labute approximate surface area is 112 Å². The van der Waals surface area contributed by atoms with Gasteiger partial charge in [-0.15, -0.1) is 0 Å². The lowest BCUT2D eigenvalue weighted by atomic mass is 10.2. The Hall–Kier alpha value is -2.55. The molecule has 0 saturated heterocycles. The summed E-state index contributed by atoms with van der Waals surface area (Å²) < 4.78 is 5.63. The molecule has 0 fully saturated rings. The van der Waals surface area contributed by atoms with Gasteiger partial charge in [0, 0.05) is 5.69 Å². The molecule has 3 heteroatoms. The lowest BCUT2D eigenvalue weighted by Gasteiger charge is -2.07. The fraction of sp³-hybridized carbons (Fsp3) is 0.0625. The van der Waals surface area contributed by atoms with Crippen molar-refractivity contribution in [2.24, 2.45) is 0 Å². The van der Waals surface area contributed by atoms with Gasteiger partial charge in [0.2, 0.25) is 5.91 Å². The van der Waals surface area contributed by atoms with Gasteiger partial charge in [-0.3, -0.25) is 4.79 Å². The Kier molecular flexibility index (Phi) is 4.34. The molecule has 0 atom stereocenters. The highest BCUT2D eigenvalue weighted by molar-refractivity contribution is 5.98. The van der Waals surface area contributed by atoms with Gasteiger partial charge in [-0.1, -0.05) is 36.9 Å². The molecule has 0 spiro atoms. The van der Waals surface area contributed by atoms with Crippen LogP contribution >= 0.6 is 0 Å². The van der Waals surface area contributed by atoms with Crippen LogP contribution < -0.4 is 10.1 Å². The third-order valence-electron chi connectivity index (χ3n) is 2.56. The maximum Gasteiger partial charge on any atom is 0.247 e. The normalized spacial score (nSPS) is 9.68. The minimum absolute atomic E-state index is 0.215. The average molecular weight is 253 g/mol. The number of nitrogens with one attached hydrogen (secondary N) is 1. The summed E-state index contributed by atoms with van der Waals surface area (Å²) in [5, 5.41) is 2.69. The van der Waals surface area contributed by atoms with E-state index in [4.69, 9.17) is 4.74 Å². The van der Waals surface area contributed by atoms with Crippen LogP contribution in [0.25, 0.3) is 0 Å². The van der Waals surface area contributed by atoms with Crippen LogP contribution in [0.15, 0.2) is 67.3 Å². The van der Waals surface area contributed by atoms with E-state index in [2.05, 4.69) is 11.9 Å². The molecule has 1 N–H and O–H groups in total. The van der Waals surface area contributed by atoms with Crippen LogP contribution in [0.5, 0.6) is 5.75 Å². The number of hydrogen-bond acceptors (Lipinski definition) is 2. The molecule has 0 saturated carbocycles. The molecule has 0 bridgehead atoms. The van der Waals surface area contributed by atoms with Crippen LogP contribution in [0, 0.1) is 0 Å². The van der Waals surface area contributed by atoms with Crippen molar-refractivity contribution in [1.82, 2.24) is 0 Å². The standard InChI is InChI=1S/C16H15NO2/c1-2-16(18)17-14-10-8-13(9-11-14)12-19-15-6-4-3-5-7-15/h2-11H,1,12H2,(H,17,18). The van der Waals surface area contributed by atoms with E-state index in [0.717, 1.165) is 17.0 Å². The van der Waals surface area contributed by atoms with Crippen molar-refractivity contribution in [1.29, 1.82) is 0 Å². The molecule has 0 aliphatic heterocycles. The first-order chi connectivity index (χ1) is 9.28. The molecule has 2 rings (SSSR count). The molecule has 0 aliphatic carbocycles. The third-order valence-corrected chi connectivity index (χ3v) is 2.56. The monoisotopic (exact) mass is 253 g/mol. The highest BCUT2D eigenvalue weighted by atomic mass is 16.5. The average Bonchev–Trinajstić information content (AvgIpc) is 2.47. The van der Waals surface area contributed by atoms with Crippen LogP contribution in [0.1, 0.15) is 5.56 Å². The zero-order valence-corrected chi connectivity index (χ0v) is 10.5. The highest BCUT2D eigenvalue weighted by Crippen LogP contribution is 2.14. The Morgan fingerprint density at radius 3 is 2.42 bits per heavy atom. The van der Waals surface area contributed by atoms with Crippen molar-refractivity contribution >= 4 is 11.6 Å². The number of anilines is 1. The number of para-hydroxylation sites is 1. The van der Waals surface area contributed by atoms with Gasteiger partial charge in [0.05, 0.1) is 0 Å². The molecular weight excluding hydrogens is 238 g/mol. The van der Waals surface area contributed by atoms with Gasteiger partial charge in [-0.05, 0) is 35.9 Å². The summed E-state index contributed by atoms with van der Waals surface area (Å²) in [6.45, 7) is 3.91. The van der Waals surface area contributed by atoms with E-state index in [-0.39, 0.29) is 5.91 Å². The van der Waals surface area contributed by atoms with Crippen molar-refractivity contribution in [3.8, 4) is 5.75 Å². The van der Waals surface area contributed by atoms with Gasteiger partial charge in [-0.25, -0.2) is 0 Å². The molecule has 96 valence electrons. The van der Waals surface area contributed by atoms with Crippen LogP contribution in [0.4, 0.5) is 5.69 Å². The van der Waals surface area contributed by atoms with Gasteiger partial charge in [0.1, 0.15) is 12.4 Å². The Bertz CT molecular complexity index is 547. The molecular formula is C16H15NO2. The van der Waals surface area contributed by atoms with Crippen LogP contribution in [-0.2, 0) is 11.4 Å². The quantitative estimate of drug-likeness (QED) is 0.829. The zero-order chi connectivity index (χ0) is 13.5. The Morgan fingerprint density at radius 1 is 1.11 bits per heavy atom. The summed E-state index contributed by atoms with van der Waals surface area (Å²) in [6, 6.07) is 17.2. The smallest absolute Gasteiger partial charge is 0.247 e. The Balaban J connectivity index is 1.92. The second-order valence-corrected chi connectivity index (χ2v) is 3.99. The minimum Gasteiger partial charge on any atom is -0.489 e. The summed E-state index contributed by atoms with van der Waals surface area (Å²) in [7, 11) is 0. The molecule has 2 aromatic carbocycles. The lowest BCUT2D eigenvalue weighted by molar-refractivity contribution is -0.111. The Morgan fingerprint density at radius 2 is 1.79 bits per heavy atom. The summed E-state index contributed by atoms with van der Waals surface area (Å²) in [4.78, 5) is 11.1. The first-order valence-corrected chi connectivity index (χ1v) is 5.98. The first kappa shape index (κ1) is 12.9. The maximum absolute atomic E-state index is 11.1. The van der Waals surface area contributed by atoms with Gasteiger partial charge in [-0.2, -0.15) is 0 Å². The van der Waals surface area contributed by atoms with Gasteiger partial charge in [0.15, 0.2) is 0 Å². The largest absolute Gasteiger partial charge is 0.489 e. The van der Waals surface area contributed by atoms with E-state index in [1.54, 1.807) is 0 Å². The zero-order valence-electron chi connectivity index (χ0n) is 10.5. The fourth-order valence-electron chi connectivity index (χ4n) is 1.56. The SMILES string of the molecule is C=CC(=O)Nc1ccc(COc2ccccc2)cc1. The van der Waals surface area contributed by atoms with Crippen molar-refractivity contribution in [3.63, 3.8) is 0 Å². The van der Waals surface area contributed by atoms with Crippen molar-refractivity contribution < 1.29 is 9.53 Å². The van der Waals surface area contributed by atoms with E-state index in [0.29, 0.717) is 6.61 Å². The molecule has 3 nitrogen and oxygen atoms in total. The second-order valence-electron chi connectivity index (χ2n) is 3.99. The number of benzene rings is 2. The summed E-state index contributed by atoms with van der Waals surface area (Å²) in [5.74, 6) is 0.625. The van der Waals surface area contributed by atoms with E-state index >= 15 is 0 Å². The predicted molar refractivity (Wildman–Crippen MR) is 76.0 cm³/mol. The number of carbonyl (C=O) groups excluding carboxylic acids is 1.